The van der Waals surface area contributed by atoms with Crippen LogP contribution in [0.15, 0.2) is 40.3 Å². The summed E-state index contributed by atoms with van der Waals surface area (Å²) in [5.74, 6) is -0.370. The molecule has 3 aromatic heterocycles. The highest BCUT2D eigenvalue weighted by Gasteiger charge is 2.17. The van der Waals surface area contributed by atoms with Gasteiger partial charge in [0.1, 0.15) is 10.7 Å². The first-order valence-electron chi connectivity index (χ1n) is 6.30. The molecule has 3 rings (SSSR count). The summed E-state index contributed by atoms with van der Waals surface area (Å²) in [6, 6.07) is 7.01. The van der Waals surface area contributed by atoms with Crippen molar-refractivity contribution in [3.8, 4) is 10.6 Å². The van der Waals surface area contributed by atoms with E-state index in [2.05, 4.69) is 15.6 Å². The zero-order valence-corrected chi connectivity index (χ0v) is 13.1. The molecule has 0 aliphatic carbocycles. The van der Waals surface area contributed by atoms with E-state index in [1.165, 1.54) is 35.9 Å². The fraction of sp³-hybridized carbons (Fsp3) is 0.0714. The molecule has 0 aliphatic heterocycles. The van der Waals surface area contributed by atoms with Crippen LogP contribution in [0.5, 0.6) is 0 Å². The second-order valence-electron chi connectivity index (χ2n) is 4.29. The van der Waals surface area contributed by atoms with Crippen molar-refractivity contribution in [1.82, 2.24) is 4.98 Å². The Hall–Kier alpha value is -2.45. The molecular weight excluding hydrogens is 322 g/mol. The van der Waals surface area contributed by atoms with Gasteiger partial charge in [-0.3, -0.25) is 14.9 Å². The quantitative estimate of drug-likeness (QED) is 0.763. The van der Waals surface area contributed by atoms with Crippen molar-refractivity contribution in [2.45, 2.75) is 6.92 Å². The largest absolute Gasteiger partial charge is 0.459 e. The summed E-state index contributed by atoms with van der Waals surface area (Å²) in [5, 5.41) is 8.33. The van der Waals surface area contributed by atoms with Crippen molar-refractivity contribution >= 4 is 44.6 Å². The highest BCUT2D eigenvalue weighted by molar-refractivity contribution is 7.21. The van der Waals surface area contributed by atoms with Crippen LogP contribution in [0.1, 0.15) is 17.5 Å². The molecule has 22 heavy (non-hydrogen) atoms. The van der Waals surface area contributed by atoms with Crippen LogP contribution in [-0.2, 0) is 4.79 Å². The second-order valence-corrected chi connectivity index (χ2v) is 6.23. The number of thiophene rings is 1. The van der Waals surface area contributed by atoms with Crippen molar-refractivity contribution in [1.29, 1.82) is 0 Å². The lowest BCUT2D eigenvalue weighted by atomic mass is 10.3. The van der Waals surface area contributed by atoms with E-state index in [1.54, 1.807) is 12.1 Å². The first-order valence-corrected chi connectivity index (χ1v) is 8.00. The number of amides is 2. The third kappa shape index (κ3) is 3.07. The van der Waals surface area contributed by atoms with E-state index in [9.17, 15) is 9.59 Å². The van der Waals surface area contributed by atoms with Crippen molar-refractivity contribution in [2.75, 3.05) is 10.6 Å². The fourth-order valence-corrected chi connectivity index (χ4v) is 3.47. The van der Waals surface area contributed by atoms with Crippen LogP contribution in [0.2, 0.25) is 0 Å². The molecular formula is C14H11N3O3S2. The van der Waals surface area contributed by atoms with Gasteiger partial charge in [0, 0.05) is 6.92 Å². The number of carbonyl (C=O) groups is 2. The standard InChI is InChI=1S/C14H11N3O3S2/c1-8(18)15-13-11(10-5-3-7-21-10)16-14(22-13)17-12(19)9-4-2-6-20-9/h2-7H,1H3,(H,15,18)(H,16,17,19). The Labute approximate surface area is 133 Å². The molecule has 0 bridgehead atoms. The zero-order valence-electron chi connectivity index (χ0n) is 11.5. The summed E-state index contributed by atoms with van der Waals surface area (Å²) in [5.41, 5.74) is 0.643. The van der Waals surface area contributed by atoms with Gasteiger partial charge < -0.3 is 9.73 Å². The van der Waals surface area contributed by atoms with Gasteiger partial charge in [-0.1, -0.05) is 17.4 Å². The minimum atomic E-state index is -0.383. The lowest BCUT2D eigenvalue weighted by Gasteiger charge is -1.99. The third-order valence-electron chi connectivity index (χ3n) is 2.64. The van der Waals surface area contributed by atoms with Gasteiger partial charge in [-0.25, -0.2) is 4.98 Å². The van der Waals surface area contributed by atoms with Crippen LogP contribution >= 0.6 is 22.7 Å². The van der Waals surface area contributed by atoms with Crippen LogP contribution in [-0.4, -0.2) is 16.8 Å². The maximum absolute atomic E-state index is 12.0. The average molecular weight is 333 g/mol. The first-order chi connectivity index (χ1) is 10.6. The van der Waals surface area contributed by atoms with E-state index in [4.69, 9.17) is 4.42 Å². The van der Waals surface area contributed by atoms with Crippen LogP contribution < -0.4 is 10.6 Å². The van der Waals surface area contributed by atoms with Crippen molar-refractivity contribution in [2.24, 2.45) is 0 Å². The molecule has 2 N–H and O–H groups in total. The first kappa shape index (κ1) is 14.5. The summed E-state index contributed by atoms with van der Waals surface area (Å²) < 4.78 is 5.04. The lowest BCUT2D eigenvalue weighted by Crippen LogP contribution is -2.10. The SMILES string of the molecule is CC(=O)Nc1sc(NC(=O)c2ccco2)nc1-c1cccs1. The summed E-state index contributed by atoms with van der Waals surface area (Å²) in [7, 11) is 0. The van der Waals surface area contributed by atoms with Gasteiger partial charge in [-0.2, -0.15) is 0 Å². The van der Waals surface area contributed by atoms with Gasteiger partial charge in [-0.15, -0.1) is 11.3 Å². The molecule has 3 aromatic rings. The fourth-order valence-electron chi connectivity index (χ4n) is 1.76. The number of rotatable bonds is 4. The minimum absolute atomic E-state index is 0.189. The molecule has 3 heterocycles. The molecule has 0 saturated carbocycles. The Kier molecular flexibility index (Phi) is 4.03. The second kappa shape index (κ2) is 6.12. The van der Waals surface area contributed by atoms with E-state index in [1.807, 2.05) is 17.5 Å². The van der Waals surface area contributed by atoms with Crippen LogP contribution in [0.4, 0.5) is 10.1 Å². The lowest BCUT2D eigenvalue weighted by molar-refractivity contribution is -0.114. The maximum Gasteiger partial charge on any atom is 0.293 e. The Morgan fingerprint density at radius 1 is 1.23 bits per heavy atom. The maximum atomic E-state index is 12.0. The smallest absolute Gasteiger partial charge is 0.293 e. The van der Waals surface area contributed by atoms with Crippen LogP contribution in [0.25, 0.3) is 10.6 Å². The number of hydrogen-bond acceptors (Lipinski definition) is 6. The van der Waals surface area contributed by atoms with Crippen molar-refractivity contribution in [3.05, 3.63) is 41.7 Å². The van der Waals surface area contributed by atoms with Gasteiger partial charge in [0.05, 0.1) is 11.1 Å². The number of carbonyl (C=O) groups excluding carboxylic acids is 2. The number of nitrogens with zero attached hydrogens (tertiary/aromatic N) is 1. The van der Waals surface area contributed by atoms with E-state index in [0.717, 1.165) is 4.88 Å². The topological polar surface area (TPSA) is 84.2 Å². The molecule has 2 amide bonds. The van der Waals surface area contributed by atoms with E-state index < -0.39 is 0 Å². The molecule has 8 heteroatoms. The number of aromatic nitrogens is 1. The Morgan fingerprint density at radius 3 is 2.73 bits per heavy atom. The molecule has 6 nitrogen and oxygen atoms in total. The van der Waals surface area contributed by atoms with E-state index in [0.29, 0.717) is 15.8 Å². The zero-order chi connectivity index (χ0) is 15.5. The van der Waals surface area contributed by atoms with Gasteiger partial charge >= 0.3 is 0 Å². The molecule has 0 radical (unpaired) electrons. The third-order valence-corrected chi connectivity index (χ3v) is 4.40. The van der Waals surface area contributed by atoms with Crippen molar-refractivity contribution in [3.63, 3.8) is 0 Å². The molecule has 0 aliphatic rings. The Balaban J connectivity index is 1.89. The minimum Gasteiger partial charge on any atom is -0.459 e. The number of nitrogens with one attached hydrogen (secondary N) is 2. The average Bonchev–Trinajstić information content (AvgIpc) is 3.19. The molecule has 0 atom stereocenters. The molecule has 0 unspecified atom stereocenters. The van der Waals surface area contributed by atoms with E-state index in [-0.39, 0.29) is 17.6 Å². The monoisotopic (exact) mass is 333 g/mol. The van der Waals surface area contributed by atoms with Gasteiger partial charge in [0.25, 0.3) is 5.91 Å². The van der Waals surface area contributed by atoms with Gasteiger partial charge in [0.2, 0.25) is 5.91 Å². The summed E-state index contributed by atoms with van der Waals surface area (Å²) in [4.78, 5) is 28.6. The predicted molar refractivity (Wildman–Crippen MR) is 86.4 cm³/mol. The Morgan fingerprint density at radius 2 is 2.09 bits per heavy atom. The Bertz CT molecular complexity index is 792. The summed E-state index contributed by atoms with van der Waals surface area (Å²) in [6.45, 7) is 1.43. The summed E-state index contributed by atoms with van der Waals surface area (Å²) in [6.07, 6.45) is 1.43. The van der Waals surface area contributed by atoms with Crippen LogP contribution in [0.3, 0.4) is 0 Å². The highest BCUT2D eigenvalue weighted by Crippen LogP contribution is 2.38. The van der Waals surface area contributed by atoms with E-state index >= 15 is 0 Å². The number of anilines is 2. The summed E-state index contributed by atoms with van der Waals surface area (Å²) >= 11 is 2.71. The normalized spacial score (nSPS) is 10.4. The van der Waals surface area contributed by atoms with Crippen molar-refractivity contribution < 1.29 is 14.0 Å². The molecule has 112 valence electrons. The van der Waals surface area contributed by atoms with Crippen LogP contribution in [0, 0.1) is 0 Å². The molecule has 0 fully saturated rings. The number of thiazole rings is 1. The molecule has 0 saturated heterocycles. The highest BCUT2D eigenvalue weighted by atomic mass is 32.1. The predicted octanol–water partition coefficient (Wildman–Crippen LogP) is 3.68. The number of furan rings is 1. The van der Waals surface area contributed by atoms with Gasteiger partial charge in [0.15, 0.2) is 10.9 Å². The number of hydrogen-bond donors (Lipinski definition) is 2. The van der Waals surface area contributed by atoms with Gasteiger partial charge in [-0.05, 0) is 23.6 Å². The molecule has 0 spiro atoms. The molecule has 0 aromatic carbocycles.